The van der Waals surface area contributed by atoms with Crippen molar-refractivity contribution in [2.24, 2.45) is 11.8 Å². The van der Waals surface area contributed by atoms with Crippen molar-refractivity contribution in [3.05, 3.63) is 0 Å². The Morgan fingerprint density at radius 3 is 2.73 bits per heavy atom. The predicted octanol–water partition coefficient (Wildman–Crippen LogP) is 2.11. The van der Waals surface area contributed by atoms with Gasteiger partial charge in [0, 0.05) is 19.1 Å². The highest BCUT2D eigenvalue weighted by molar-refractivity contribution is 4.86. The summed E-state index contributed by atoms with van der Waals surface area (Å²) in [6.07, 6.45) is 5.81. The van der Waals surface area contributed by atoms with Crippen molar-refractivity contribution < 1.29 is 0 Å². The van der Waals surface area contributed by atoms with Gasteiger partial charge in [0.1, 0.15) is 0 Å². The highest BCUT2D eigenvalue weighted by Gasteiger charge is 2.30. The Hall–Kier alpha value is -0.0800. The minimum atomic E-state index is 0.781. The number of nitrogens with one attached hydrogen (secondary N) is 1. The fourth-order valence-corrected chi connectivity index (χ4v) is 2.54. The quantitative estimate of drug-likeness (QED) is 0.722. The molecule has 0 radical (unpaired) electrons. The van der Waals surface area contributed by atoms with Crippen LogP contribution in [0.5, 0.6) is 0 Å². The van der Waals surface area contributed by atoms with Crippen molar-refractivity contribution in [1.29, 1.82) is 0 Å². The van der Waals surface area contributed by atoms with Crippen LogP contribution < -0.4 is 5.32 Å². The van der Waals surface area contributed by atoms with Gasteiger partial charge in [0.15, 0.2) is 0 Å². The first-order chi connectivity index (χ1) is 7.25. The second-order valence-corrected chi connectivity index (χ2v) is 5.79. The summed E-state index contributed by atoms with van der Waals surface area (Å²) in [5.41, 5.74) is 0. The van der Waals surface area contributed by atoms with Gasteiger partial charge in [-0.15, -0.1) is 0 Å². The van der Waals surface area contributed by atoms with E-state index in [-0.39, 0.29) is 0 Å². The van der Waals surface area contributed by atoms with Crippen LogP contribution in [-0.4, -0.2) is 37.1 Å². The number of hydrogen-bond acceptors (Lipinski definition) is 2. The Balaban J connectivity index is 1.65. The van der Waals surface area contributed by atoms with Gasteiger partial charge in [-0.3, -0.25) is 4.90 Å². The largest absolute Gasteiger partial charge is 0.315 e. The molecule has 2 rings (SSSR count). The minimum Gasteiger partial charge on any atom is -0.315 e. The van der Waals surface area contributed by atoms with Crippen LogP contribution in [0.2, 0.25) is 0 Å². The third-order valence-corrected chi connectivity index (χ3v) is 3.62. The molecule has 2 heteroatoms. The molecule has 0 aromatic carbocycles. The normalized spacial score (nSPS) is 27.8. The molecule has 0 bridgehead atoms. The van der Waals surface area contributed by atoms with E-state index in [0.717, 1.165) is 17.9 Å². The molecule has 15 heavy (non-hydrogen) atoms. The van der Waals surface area contributed by atoms with Gasteiger partial charge >= 0.3 is 0 Å². The lowest BCUT2D eigenvalue weighted by atomic mass is 10.2. The van der Waals surface area contributed by atoms with E-state index < -0.39 is 0 Å². The third-order valence-electron chi connectivity index (χ3n) is 3.62. The first kappa shape index (κ1) is 11.4. The monoisotopic (exact) mass is 210 g/mol. The fourth-order valence-electron chi connectivity index (χ4n) is 2.54. The zero-order valence-corrected chi connectivity index (χ0v) is 10.3. The molecule has 2 nitrogen and oxygen atoms in total. The average Bonchev–Trinajstić information content (AvgIpc) is 2.87. The average molecular weight is 210 g/mol. The minimum absolute atomic E-state index is 0.781. The van der Waals surface area contributed by atoms with Crippen LogP contribution in [0.25, 0.3) is 0 Å². The summed E-state index contributed by atoms with van der Waals surface area (Å²) < 4.78 is 0. The SMILES string of the molecule is CC(C)CNCC1CCCN1CC1CC1. The molecular weight excluding hydrogens is 184 g/mol. The Kier molecular flexibility index (Phi) is 4.04. The molecule has 1 unspecified atom stereocenters. The van der Waals surface area contributed by atoms with Crippen LogP contribution in [0.1, 0.15) is 39.5 Å². The number of nitrogens with zero attached hydrogens (tertiary/aromatic N) is 1. The van der Waals surface area contributed by atoms with Gasteiger partial charge in [0.25, 0.3) is 0 Å². The van der Waals surface area contributed by atoms with Crippen LogP contribution >= 0.6 is 0 Å². The second kappa shape index (κ2) is 5.31. The van der Waals surface area contributed by atoms with Crippen molar-refractivity contribution in [2.75, 3.05) is 26.2 Å². The van der Waals surface area contributed by atoms with Crippen LogP contribution in [-0.2, 0) is 0 Å². The van der Waals surface area contributed by atoms with E-state index in [0.29, 0.717) is 0 Å². The molecule has 1 saturated carbocycles. The standard InChI is InChI=1S/C13H26N2/c1-11(2)8-14-9-13-4-3-7-15(13)10-12-5-6-12/h11-14H,3-10H2,1-2H3. The first-order valence-corrected chi connectivity index (χ1v) is 6.70. The van der Waals surface area contributed by atoms with Crippen LogP contribution in [0.4, 0.5) is 0 Å². The maximum atomic E-state index is 3.61. The van der Waals surface area contributed by atoms with Crippen LogP contribution in [0.15, 0.2) is 0 Å². The summed E-state index contributed by atoms with van der Waals surface area (Å²) in [4.78, 5) is 2.73. The van der Waals surface area contributed by atoms with Gasteiger partial charge in [0.2, 0.25) is 0 Å². The topological polar surface area (TPSA) is 15.3 Å². The highest BCUT2D eigenvalue weighted by atomic mass is 15.2. The maximum absolute atomic E-state index is 3.61. The lowest BCUT2D eigenvalue weighted by Crippen LogP contribution is -2.39. The Morgan fingerprint density at radius 2 is 2.07 bits per heavy atom. The lowest BCUT2D eigenvalue weighted by Gasteiger charge is -2.25. The van der Waals surface area contributed by atoms with Crippen LogP contribution in [0.3, 0.4) is 0 Å². The molecule has 2 fully saturated rings. The van der Waals surface area contributed by atoms with E-state index in [1.807, 2.05) is 0 Å². The third kappa shape index (κ3) is 3.76. The van der Waals surface area contributed by atoms with Crippen molar-refractivity contribution in [1.82, 2.24) is 10.2 Å². The summed E-state index contributed by atoms with van der Waals surface area (Å²) in [6, 6.07) is 0.837. The number of likely N-dealkylation sites (tertiary alicyclic amines) is 1. The molecule has 1 aliphatic carbocycles. The van der Waals surface area contributed by atoms with E-state index in [1.54, 1.807) is 0 Å². The fraction of sp³-hybridized carbons (Fsp3) is 1.00. The Bertz CT molecular complexity index is 187. The molecule has 88 valence electrons. The summed E-state index contributed by atoms with van der Waals surface area (Å²) in [7, 11) is 0. The highest BCUT2D eigenvalue weighted by Crippen LogP contribution is 2.32. The molecule has 0 amide bonds. The smallest absolute Gasteiger partial charge is 0.0221 e. The summed E-state index contributed by atoms with van der Waals surface area (Å²) >= 11 is 0. The van der Waals surface area contributed by atoms with Gasteiger partial charge in [-0.25, -0.2) is 0 Å². The summed E-state index contributed by atoms with van der Waals surface area (Å²) in [6.45, 7) is 9.68. The second-order valence-electron chi connectivity index (χ2n) is 5.79. The van der Waals surface area contributed by atoms with E-state index in [4.69, 9.17) is 0 Å². The van der Waals surface area contributed by atoms with E-state index in [2.05, 4.69) is 24.1 Å². The molecule has 0 spiro atoms. The van der Waals surface area contributed by atoms with E-state index in [1.165, 1.54) is 51.9 Å². The molecule has 2 aliphatic rings. The molecule has 0 aromatic heterocycles. The van der Waals surface area contributed by atoms with E-state index >= 15 is 0 Å². The van der Waals surface area contributed by atoms with E-state index in [9.17, 15) is 0 Å². The van der Waals surface area contributed by atoms with Gasteiger partial charge in [-0.1, -0.05) is 13.8 Å². The van der Waals surface area contributed by atoms with Gasteiger partial charge in [-0.2, -0.15) is 0 Å². The van der Waals surface area contributed by atoms with Crippen molar-refractivity contribution in [2.45, 2.75) is 45.6 Å². The van der Waals surface area contributed by atoms with Gasteiger partial charge in [0.05, 0.1) is 0 Å². The molecule has 0 aromatic rings. The summed E-state index contributed by atoms with van der Waals surface area (Å²) in [5.74, 6) is 1.83. The lowest BCUT2D eigenvalue weighted by molar-refractivity contribution is 0.236. The van der Waals surface area contributed by atoms with Crippen molar-refractivity contribution >= 4 is 0 Å². The van der Waals surface area contributed by atoms with Gasteiger partial charge < -0.3 is 5.32 Å². The van der Waals surface area contributed by atoms with Gasteiger partial charge in [-0.05, 0) is 50.6 Å². The number of rotatable bonds is 6. The molecule has 1 saturated heterocycles. The maximum Gasteiger partial charge on any atom is 0.0221 e. The Labute approximate surface area is 94.4 Å². The molecule has 1 heterocycles. The zero-order chi connectivity index (χ0) is 10.7. The van der Waals surface area contributed by atoms with Crippen molar-refractivity contribution in [3.63, 3.8) is 0 Å². The molecule has 1 N–H and O–H groups in total. The Morgan fingerprint density at radius 1 is 1.27 bits per heavy atom. The predicted molar refractivity (Wildman–Crippen MR) is 65.0 cm³/mol. The zero-order valence-electron chi connectivity index (χ0n) is 10.3. The van der Waals surface area contributed by atoms with Crippen molar-refractivity contribution in [3.8, 4) is 0 Å². The molecular formula is C13H26N2. The van der Waals surface area contributed by atoms with Crippen LogP contribution in [0, 0.1) is 11.8 Å². The molecule has 1 aliphatic heterocycles. The first-order valence-electron chi connectivity index (χ1n) is 6.70. The number of hydrogen-bond donors (Lipinski definition) is 1. The summed E-state index contributed by atoms with van der Waals surface area (Å²) in [5, 5.41) is 3.61. The molecule has 1 atom stereocenters.